The Kier molecular flexibility index (Phi) is 13.6. The number of ketones is 1. The van der Waals surface area contributed by atoms with Gasteiger partial charge in [-0.1, -0.05) is 6.08 Å². The number of nitrogens with zero attached hydrogens (tertiary/aromatic N) is 5. The normalized spacial score (nSPS) is 31.5. The van der Waals surface area contributed by atoms with Gasteiger partial charge in [-0.15, -0.1) is 0 Å². The minimum atomic E-state index is -5.65. The van der Waals surface area contributed by atoms with Crippen molar-refractivity contribution in [3.63, 3.8) is 0 Å². The van der Waals surface area contributed by atoms with Gasteiger partial charge in [0.25, 0.3) is 0 Å². The van der Waals surface area contributed by atoms with Gasteiger partial charge in [-0.05, 0) is 6.20 Å². The molecule has 58 heavy (non-hydrogen) atoms. The van der Waals surface area contributed by atoms with E-state index < -0.39 is 140 Å². The minimum absolute atomic E-state index is 0.0253. The van der Waals surface area contributed by atoms with Gasteiger partial charge in [0.2, 0.25) is 11.7 Å². The second kappa shape index (κ2) is 17.4. The standard InChI is InChI=1S/C26H36N7O22P3/c27-21-15-23(30-7-29-21)33(8-31-15)25-20(54-56(43,44)45)18(38)13(53-25)6-51-58(48,49)55-57(46,47)50-5-12-17(37)19(39)24(52-12)32-2-1-9(11(4-32)22(28)40)10(3-14(34)35)16(36)26(41)42/h1-2,7-13,17-20,24-25,37-39H,3-6H2,(H2,28,40)(H,34,35)(H,41,42)(H,46,47)(H,48,49)(H2,27,29,30)(H2,43,44,45)/t9-,10-,11?,12+,13+,17+,18+,19+,20+,24+,25+/m0/s1. The number of phosphoric acid groups is 3. The van der Waals surface area contributed by atoms with E-state index in [1.807, 2.05) is 0 Å². The number of primary amides is 1. The Hall–Kier alpha value is -3.86. The third kappa shape index (κ3) is 10.3. The molecular weight excluding hydrogens is 855 g/mol. The lowest BCUT2D eigenvalue weighted by molar-refractivity contribution is -0.154. The summed E-state index contributed by atoms with van der Waals surface area (Å²) in [5.41, 5.74) is 11.2. The predicted molar refractivity (Wildman–Crippen MR) is 180 cm³/mol. The molecule has 2 fully saturated rings. The van der Waals surface area contributed by atoms with Crippen LogP contribution in [0, 0.1) is 17.8 Å². The average Bonchev–Trinajstić information content (AvgIpc) is 3.77. The summed E-state index contributed by atoms with van der Waals surface area (Å²) in [7, 11) is -16.6. The molecule has 0 radical (unpaired) electrons. The molecule has 5 heterocycles. The number of imidazole rings is 1. The van der Waals surface area contributed by atoms with Crippen molar-refractivity contribution in [2.45, 2.75) is 55.5 Å². The van der Waals surface area contributed by atoms with Crippen molar-refractivity contribution in [3.8, 4) is 0 Å². The van der Waals surface area contributed by atoms with Crippen molar-refractivity contribution >= 4 is 64.1 Å². The average molecular weight is 892 g/mol. The summed E-state index contributed by atoms with van der Waals surface area (Å²) >= 11 is 0. The molecule has 5 rings (SSSR count). The fourth-order valence-electron chi connectivity index (χ4n) is 6.45. The quantitative estimate of drug-likeness (QED) is 0.0504. The number of aliphatic hydroxyl groups excluding tert-OH is 3. The van der Waals surface area contributed by atoms with Gasteiger partial charge in [0.1, 0.15) is 48.5 Å². The molecule has 0 spiro atoms. The fraction of sp³-hybridized carbons (Fsp3) is 0.577. The van der Waals surface area contributed by atoms with Crippen LogP contribution in [0.3, 0.4) is 0 Å². The number of ether oxygens (including phenoxy) is 2. The third-order valence-corrected chi connectivity index (χ3v) is 12.2. The van der Waals surface area contributed by atoms with Crippen LogP contribution in [0.5, 0.6) is 0 Å². The number of rotatable bonds is 18. The number of fused-ring (bicyclic) bond motifs is 1. The number of anilines is 1. The van der Waals surface area contributed by atoms with Gasteiger partial charge in [-0.2, -0.15) is 4.31 Å². The lowest BCUT2D eigenvalue weighted by atomic mass is 9.75. The van der Waals surface area contributed by atoms with Crippen LogP contribution >= 0.6 is 23.5 Å². The van der Waals surface area contributed by atoms with E-state index in [4.69, 9.17) is 25.5 Å². The second-order valence-corrected chi connectivity index (χ2v) is 17.1. The highest BCUT2D eigenvalue weighted by atomic mass is 31.3. The van der Waals surface area contributed by atoms with Crippen LogP contribution in [0.2, 0.25) is 0 Å². The Morgan fingerprint density at radius 2 is 1.50 bits per heavy atom. The van der Waals surface area contributed by atoms with E-state index in [0.717, 1.165) is 34.4 Å². The predicted octanol–water partition coefficient (Wildman–Crippen LogP) is -3.87. The van der Waals surface area contributed by atoms with Crippen molar-refractivity contribution in [2.75, 3.05) is 25.5 Å². The fourth-order valence-corrected chi connectivity index (χ4v) is 9.09. The first kappa shape index (κ1) is 45.2. The Balaban J connectivity index is 1.20. The minimum Gasteiger partial charge on any atom is -0.481 e. The topological polar surface area (TPSA) is 456 Å². The smallest absolute Gasteiger partial charge is 0.481 e. The van der Waals surface area contributed by atoms with Gasteiger partial charge in [0.05, 0.1) is 31.9 Å². The SMILES string of the molecule is NC(=O)C1CN([C@@H]2O[C@H](COP(=O)(O)OP(=O)(O)OC[C@H]3O[C@@H](n4cnc5c(N)ncnc54)[C@H](OP(=O)(O)O)[C@@H]3O)[C@@H](O)[C@H]2O)C=C[C@H]1[C@H](CC(=O)O)C(=O)C(=O)O. The van der Waals surface area contributed by atoms with Crippen molar-refractivity contribution in [1.82, 2.24) is 24.4 Å². The van der Waals surface area contributed by atoms with E-state index in [-0.39, 0.29) is 17.0 Å². The molecule has 0 aromatic carbocycles. The highest BCUT2D eigenvalue weighted by Gasteiger charge is 2.52. The van der Waals surface area contributed by atoms with Gasteiger partial charge in [0, 0.05) is 18.4 Å². The Bertz CT molecular complexity index is 2080. The zero-order valence-corrected chi connectivity index (χ0v) is 31.7. The van der Waals surface area contributed by atoms with E-state index in [1.54, 1.807) is 0 Å². The van der Waals surface area contributed by atoms with Gasteiger partial charge >= 0.3 is 35.4 Å². The van der Waals surface area contributed by atoms with Crippen LogP contribution < -0.4 is 11.5 Å². The monoisotopic (exact) mass is 891 g/mol. The molecule has 3 unspecified atom stereocenters. The maximum absolute atomic E-state index is 12.7. The number of Topliss-reactive ketones (excluding diaryl/α,β-unsaturated/α-hetero) is 1. The maximum atomic E-state index is 12.7. The summed E-state index contributed by atoms with van der Waals surface area (Å²) in [6.07, 6.45) is -10.9. The van der Waals surface area contributed by atoms with Crippen LogP contribution in [0.1, 0.15) is 12.6 Å². The van der Waals surface area contributed by atoms with E-state index >= 15 is 0 Å². The van der Waals surface area contributed by atoms with Crippen molar-refractivity contribution in [3.05, 3.63) is 24.9 Å². The van der Waals surface area contributed by atoms with Crippen LogP contribution in [0.15, 0.2) is 24.9 Å². The van der Waals surface area contributed by atoms with Gasteiger partial charge in [-0.3, -0.25) is 32.5 Å². The Morgan fingerprint density at radius 3 is 2.07 bits per heavy atom. The van der Waals surface area contributed by atoms with Crippen molar-refractivity contribution in [1.29, 1.82) is 0 Å². The van der Waals surface area contributed by atoms with E-state index in [0.29, 0.717) is 0 Å². The van der Waals surface area contributed by atoms with Crippen LogP contribution in [0.4, 0.5) is 5.82 Å². The number of aliphatic hydroxyl groups is 3. The number of phosphoric ester groups is 3. The number of carboxylic acid groups (broad SMARTS) is 2. The summed E-state index contributed by atoms with van der Waals surface area (Å²) in [5, 5.41) is 50.5. The molecule has 29 nitrogen and oxygen atoms in total. The molecule has 13 N–H and O–H groups in total. The number of amides is 1. The number of carbonyl (C=O) groups is 4. The van der Waals surface area contributed by atoms with Gasteiger partial charge < -0.3 is 70.9 Å². The summed E-state index contributed by atoms with van der Waals surface area (Å²) in [6, 6.07) is 0. The summed E-state index contributed by atoms with van der Waals surface area (Å²) < 4.78 is 67.6. The van der Waals surface area contributed by atoms with Crippen LogP contribution in [0.25, 0.3) is 11.2 Å². The summed E-state index contributed by atoms with van der Waals surface area (Å²) in [5.74, 6) is -10.7. The molecule has 0 saturated carbocycles. The number of carboxylic acids is 2. The molecule has 13 atom stereocenters. The molecular formula is C26H36N7O22P3. The molecule has 0 aliphatic carbocycles. The van der Waals surface area contributed by atoms with Crippen molar-refractivity contribution < 1.29 is 105 Å². The molecule has 2 aromatic rings. The molecule has 3 aliphatic rings. The summed E-state index contributed by atoms with van der Waals surface area (Å²) in [6.45, 7) is -2.76. The van der Waals surface area contributed by atoms with Gasteiger partial charge in [0.15, 0.2) is 23.9 Å². The first-order chi connectivity index (χ1) is 26.9. The zero-order valence-electron chi connectivity index (χ0n) is 29.1. The largest absolute Gasteiger partial charge is 0.481 e. The number of carbonyl (C=O) groups excluding carboxylic acids is 2. The molecule has 2 aromatic heterocycles. The Labute approximate surface area is 323 Å². The molecule has 0 bridgehead atoms. The molecule has 32 heteroatoms. The first-order valence-electron chi connectivity index (χ1n) is 16.3. The van der Waals surface area contributed by atoms with Crippen LogP contribution in [-0.2, 0) is 60.2 Å². The second-order valence-electron chi connectivity index (χ2n) is 12.9. The number of allylic oxidation sites excluding steroid dienone is 1. The number of aliphatic carboxylic acids is 2. The van der Waals surface area contributed by atoms with E-state index in [1.165, 1.54) is 0 Å². The number of hydrogen-bond donors (Lipinski definition) is 11. The highest BCUT2D eigenvalue weighted by Crippen LogP contribution is 2.61. The molecule has 1 amide bonds. The Morgan fingerprint density at radius 1 is 0.897 bits per heavy atom. The maximum Gasteiger partial charge on any atom is 0.481 e. The van der Waals surface area contributed by atoms with E-state index in [9.17, 15) is 78.0 Å². The lowest BCUT2D eigenvalue weighted by Gasteiger charge is -2.39. The number of hydrogen-bond acceptors (Lipinski definition) is 21. The molecule has 3 aliphatic heterocycles. The molecule has 2 saturated heterocycles. The van der Waals surface area contributed by atoms with E-state index in [2.05, 4.69) is 28.3 Å². The van der Waals surface area contributed by atoms with Crippen LogP contribution in [-0.4, -0.2) is 156 Å². The highest BCUT2D eigenvalue weighted by molar-refractivity contribution is 7.61. The third-order valence-electron chi connectivity index (χ3n) is 9.05. The number of aromatic nitrogens is 4. The number of nitrogens with two attached hydrogens (primary N) is 2. The lowest BCUT2D eigenvalue weighted by Crippen LogP contribution is -2.51. The molecule has 322 valence electrons. The van der Waals surface area contributed by atoms with Crippen molar-refractivity contribution in [2.24, 2.45) is 23.5 Å². The number of nitrogen functional groups attached to an aromatic ring is 1. The summed E-state index contributed by atoms with van der Waals surface area (Å²) in [4.78, 5) is 99.4. The van der Waals surface area contributed by atoms with Gasteiger partial charge in [-0.25, -0.2) is 33.4 Å². The first-order valence-corrected chi connectivity index (χ1v) is 20.8. The zero-order chi connectivity index (χ0) is 43.1.